The zero-order chi connectivity index (χ0) is 13.3. The zero-order valence-electron chi connectivity index (χ0n) is 9.86. The molecule has 0 aromatic heterocycles. The van der Waals surface area contributed by atoms with Gasteiger partial charge in [-0.05, 0) is 25.1 Å². The summed E-state index contributed by atoms with van der Waals surface area (Å²) in [6.45, 7) is 2.00. The fourth-order valence-electron chi connectivity index (χ4n) is 1.34. The van der Waals surface area contributed by atoms with Crippen molar-refractivity contribution in [2.45, 2.75) is 39.0 Å². The van der Waals surface area contributed by atoms with Crippen LogP contribution in [0.1, 0.15) is 39.0 Å². The Bertz CT molecular complexity index is 284. The molecule has 0 aliphatic carbocycles. The van der Waals surface area contributed by atoms with E-state index < -0.39 is 11.9 Å². The van der Waals surface area contributed by atoms with Crippen molar-refractivity contribution in [2.24, 2.45) is 11.7 Å². The van der Waals surface area contributed by atoms with Crippen molar-refractivity contribution >= 4 is 29.2 Å². The summed E-state index contributed by atoms with van der Waals surface area (Å²) in [5.41, 5.74) is 9.71. The molecule has 0 aromatic carbocycles. The summed E-state index contributed by atoms with van der Waals surface area (Å²) in [5.74, 6) is -1.64. The van der Waals surface area contributed by atoms with E-state index in [1.807, 2.05) is 6.92 Å². The van der Waals surface area contributed by atoms with E-state index in [0.29, 0.717) is 12.8 Å². The lowest BCUT2D eigenvalue weighted by atomic mass is 9.97. The van der Waals surface area contributed by atoms with E-state index in [0.717, 1.165) is 12.8 Å². The highest BCUT2D eigenvalue weighted by Gasteiger charge is 2.17. The average molecular weight is 261 g/mol. The molecule has 6 nitrogen and oxygen atoms in total. The van der Waals surface area contributed by atoms with Crippen LogP contribution in [-0.4, -0.2) is 22.1 Å². The van der Waals surface area contributed by atoms with Gasteiger partial charge in [-0.3, -0.25) is 20.4 Å². The Morgan fingerprint density at radius 3 is 2.47 bits per heavy atom. The Morgan fingerprint density at radius 1 is 1.35 bits per heavy atom. The molecule has 1 amide bonds. The van der Waals surface area contributed by atoms with Gasteiger partial charge >= 0.3 is 5.97 Å². The molecular weight excluding hydrogens is 242 g/mol. The van der Waals surface area contributed by atoms with Gasteiger partial charge in [0.1, 0.15) is 0 Å². The molecule has 0 aliphatic rings. The lowest BCUT2D eigenvalue weighted by Gasteiger charge is -2.11. The molecule has 0 unspecified atom stereocenters. The van der Waals surface area contributed by atoms with Gasteiger partial charge in [-0.15, -0.1) is 0 Å². The number of carboxylic acid groups (broad SMARTS) is 1. The number of hydrogen-bond acceptors (Lipinski definition) is 3. The van der Waals surface area contributed by atoms with Crippen molar-refractivity contribution in [3.63, 3.8) is 0 Å². The molecule has 0 bridgehead atoms. The number of nitrogens with two attached hydrogens (primary N) is 1. The fraction of sp³-hybridized carbons (Fsp3) is 0.700. The van der Waals surface area contributed by atoms with Gasteiger partial charge in [0, 0.05) is 6.42 Å². The van der Waals surface area contributed by atoms with Crippen LogP contribution in [0.2, 0.25) is 0 Å². The maximum atomic E-state index is 11.3. The van der Waals surface area contributed by atoms with Gasteiger partial charge in [0.15, 0.2) is 5.11 Å². The predicted molar refractivity (Wildman–Crippen MR) is 67.9 cm³/mol. The number of aliphatic carboxylic acids is 1. The molecule has 7 heteroatoms. The van der Waals surface area contributed by atoms with Crippen molar-refractivity contribution in [1.82, 2.24) is 10.9 Å². The summed E-state index contributed by atoms with van der Waals surface area (Å²) >= 11 is 4.51. The Hall–Kier alpha value is -1.37. The Labute approximate surface area is 106 Å². The zero-order valence-corrected chi connectivity index (χ0v) is 10.7. The minimum atomic E-state index is -0.853. The number of carbonyl (C=O) groups is 2. The molecule has 0 saturated heterocycles. The molecule has 5 N–H and O–H groups in total. The second-order valence-corrected chi connectivity index (χ2v) is 4.19. The van der Waals surface area contributed by atoms with E-state index in [9.17, 15) is 9.59 Å². The summed E-state index contributed by atoms with van der Waals surface area (Å²) in [6, 6.07) is 0. The first-order valence-corrected chi connectivity index (χ1v) is 5.95. The van der Waals surface area contributed by atoms with Crippen LogP contribution < -0.4 is 16.6 Å². The summed E-state index contributed by atoms with van der Waals surface area (Å²) in [4.78, 5) is 22.2. The maximum Gasteiger partial charge on any atom is 0.306 e. The largest absolute Gasteiger partial charge is 0.481 e. The maximum absolute atomic E-state index is 11.3. The highest BCUT2D eigenvalue weighted by molar-refractivity contribution is 7.80. The molecule has 0 saturated carbocycles. The van der Waals surface area contributed by atoms with E-state index >= 15 is 0 Å². The average Bonchev–Trinajstić information content (AvgIpc) is 2.25. The van der Waals surface area contributed by atoms with E-state index in [1.54, 1.807) is 0 Å². The van der Waals surface area contributed by atoms with Crippen LogP contribution in [0.25, 0.3) is 0 Å². The quantitative estimate of drug-likeness (QED) is 0.393. The van der Waals surface area contributed by atoms with Crippen molar-refractivity contribution in [3.8, 4) is 0 Å². The molecule has 0 aliphatic heterocycles. The van der Waals surface area contributed by atoms with Gasteiger partial charge in [-0.25, -0.2) is 0 Å². The molecular formula is C10H19N3O3S. The minimum absolute atomic E-state index is 0.0286. The fourth-order valence-corrected chi connectivity index (χ4v) is 1.39. The van der Waals surface area contributed by atoms with Crippen LogP contribution in [-0.2, 0) is 9.59 Å². The third kappa shape index (κ3) is 8.44. The van der Waals surface area contributed by atoms with Crippen LogP contribution in [0.5, 0.6) is 0 Å². The van der Waals surface area contributed by atoms with Crippen molar-refractivity contribution in [1.29, 1.82) is 0 Å². The van der Waals surface area contributed by atoms with Crippen molar-refractivity contribution < 1.29 is 14.7 Å². The topological polar surface area (TPSA) is 104 Å². The number of unbranched alkanes of at least 4 members (excludes halogenated alkanes) is 1. The van der Waals surface area contributed by atoms with Crippen LogP contribution in [0.15, 0.2) is 0 Å². The molecule has 0 heterocycles. The minimum Gasteiger partial charge on any atom is -0.481 e. The van der Waals surface area contributed by atoms with Gasteiger partial charge < -0.3 is 10.8 Å². The van der Waals surface area contributed by atoms with Crippen molar-refractivity contribution in [3.05, 3.63) is 0 Å². The Kier molecular flexibility index (Phi) is 8.04. The summed E-state index contributed by atoms with van der Waals surface area (Å²) in [5, 5.41) is 8.91. The number of rotatable bonds is 7. The van der Waals surface area contributed by atoms with E-state index in [2.05, 4.69) is 23.1 Å². The third-order valence-electron chi connectivity index (χ3n) is 2.30. The highest BCUT2D eigenvalue weighted by atomic mass is 32.1. The summed E-state index contributed by atoms with van der Waals surface area (Å²) in [6.07, 6.45) is 2.85. The molecule has 0 fully saturated rings. The van der Waals surface area contributed by atoms with Gasteiger partial charge in [0.25, 0.3) is 0 Å². The normalized spacial score (nSPS) is 11.6. The van der Waals surface area contributed by atoms with E-state index in [1.165, 1.54) is 0 Å². The number of carboxylic acids is 1. The molecule has 0 radical (unpaired) electrons. The standard InChI is InChI=1S/C10H19N3O3S/c1-2-3-4-7(9(15)16)5-6-8(14)12-13-10(11)17/h7H,2-6H2,1H3,(H,12,14)(H,15,16)(H3,11,13,17)/t7-/m1/s1. The van der Waals surface area contributed by atoms with Crippen LogP contribution in [0.4, 0.5) is 0 Å². The SMILES string of the molecule is CCCC[C@H](CCC(=O)NNC(N)=S)C(=O)O. The smallest absolute Gasteiger partial charge is 0.306 e. The molecule has 98 valence electrons. The van der Waals surface area contributed by atoms with E-state index in [4.69, 9.17) is 10.8 Å². The summed E-state index contributed by atoms with van der Waals surface area (Å²) in [7, 11) is 0. The Balaban J connectivity index is 3.90. The number of amides is 1. The number of thiocarbonyl (C=S) groups is 1. The van der Waals surface area contributed by atoms with Gasteiger partial charge in [-0.2, -0.15) is 0 Å². The van der Waals surface area contributed by atoms with Gasteiger partial charge in [0.05, 0.1) is 5.92 Å². The number of carbonyl (C=O) groups excluding carboxylic acids is 1. The molecule has 0 aromatic rings. The number of nitrogens with one attached hydrogen (secondary N) is 2. The molecule has 17 heavy (non-hydrogen) atoms. The predicted octanol–water partition coefficient (Wildman–Crippen LogP) is 0.522. The van der Waals surface area contributed by atoms with E-state index in [-0.39, 0.29) is 17.4 Å². The lowest BCUT2D eigenvalue weighted by molar-refractivity contribution is -0.142. The Morgan fingerprint density at radius 2 is 2.00 bits per heavy atom. The first-order chi connectivity index (χ1) is 7.97. The second kappa shape index (κ2) is 8.74. The second-order valence-electron chi connectivity index (χ2n) is 3.75. The number of hydrazine groups is 1. The van der Waals surface area contributed by atoms with Crippen molar-refractivity contribution in [2.75, 3.05) is 0 Å². The third-order valence-corrected chi connectivity index (χ3v) is 2.40. The molecule has 0 rings (SSSR count). The highest BCUT2D eigenvalue weighted by Crippen LogP contribution is 2.14. The number of hydrogen-bond donors (Lipinski definition) is 4. The first kappa shape index (κ1) is 15.6. The molecule has 1 atom stereocenters. The van der Waals surface area contributed by atoms with Crippen LogP contribution in [0, 0.1) is 5.92 Å². The van der Waals surface area contributed by atoms with Gasteiger partial charge in [-0.1, -0.05) is 19.8 Å². The first-order valence-electron chi connectivity index (χ1n) is 5.54. The lowest BCUT2D eigenvalue weighted by Crippen LogP contribution is -2.44. The van der Waals surface area contributed by atoms with Crippen LogP contribution in [0.3, 0.4) is 0 Å². The monoisotopic (exact) mass is 261 g/mol. The van der Waals surface area contributed by atoms with Gasteiger partial charge in [0.2, 0.25) is 5.91 Å². The van der Waals surface area contributed by atoms with Crippen LogP contribution >= 0.6 is 12.2 Å². The molecule has 0 spiro atoms. The summed E-state index contributed by atoms with van der Waals surface area (Å²) < 4.78 is 0.